The average molecular weight is 362 g/mol. The third-order valence-electron chi connectivity index (χ3n) is 3.97. The minimum absolute atomic E-state index is 0.0343. The number of carbonyl (C=O) groups is 3. The van der Waals surface area contributed by atoms with Gasteiger partial charge in [0, 0.05) is 5.56 Å². The Morgan fingerprint density at radius 1 is 1.12 bits per heavy atom. The first kappa shape index (κ1) is 17.1. The van der Waals surface area contributed by atoms with E-state index in [9.17, 15) is 18.8 Å². The van der Waals surface area contributed by atoms with Gasteiger partial charge in [0.05, 0.1) is 16.1 Å². The number of hydrogen-bond acceptors (Lipinski definition) is 4. The Balaban J connectivity index is 1.74. The number of benzene rings is 2. The Morgan fingerprint density at radius 2 is 1.72 bits per heavy atom. The zero-order chi connectivity index (χ0) is 18.1. The number of nitrogens with zero attached hydrogens (tertiary/aromatic N) is 1. The predicted molar refractivity (Wildman–Crippen MR) is 87.6 cm³/mol. The molecule has 128 valence electrons. The van der Waals surface area contributed by atoms with Crippen LogP contribution in [0, 0.1) is 5.82 Å². The van der Waals surface area contributed by atoms with Gasteiger partial charge >= 0.3 is 5.97 Å². The second-order valence-electron chi connectivity index (χ2n) is 5.51. The zero-order valence-corrected chi connectivity index (χ0v) is 13.9. The van der Waals surface area contributed by atoms with E-state index in [1.165, 1.54) is 37.3 Å². The molecule has 0 radical (unpaired) electrons. The summed E-state index contributed by atoms with van der Waals surface area (Å²) in [6, 6.07) is 9.28. The Hall–Kier alpha value is -2.73. The van der Waals surface area contributed by atoms with Crippen LogP contribution >= 0.6 is 11.6 Å². The van der Waals surface area contributed by atoms with Crippen molar-refractivity contribution >= 4 is 29.4 Å². The molecule has 2 aromatic rings. The van der Waals surface area contributed by atoms with Crippen LogP contribution in [-0.2, 0) is 16.1 Å². The van der Waals surface area contributed by atoms with Gasteiger partial charge in [-0.15, -0.1) is 0 Å². The van der Waals surface area contributed by atoms with Crippen LogP contribution in [-0.4, -0.2) is 28.7 Å². The number of halogens is 2. The smallest absolute Gasteiger partial charge is 0.329 e. The van der Waals surface area contributed by atoms with E-state index in [1.54, 1.807) is 12.1 Å². The van der Waals surface area contributed by atoms with E-state index >= 15 is 0 Å². The molecule has 0 fully saturated rings. The quantitative estimate of drug-likeness (QED) is 0.619. The van der Waals surface area contributed by atoms with Crippen LogP contribution in [0.15, 0.2) is 42.5 Å². The van der Waals surface area contributed by atoms with Crippen molar-refractivity contribution in [3.05, 3.63) is 70.0 Å². The highest BCUT2D eigenvalue weighted by atomic mass is 35.5. The molecule has 0 N–H and O–H groups in total. The highest BCUT2D eigenvalue weighted by Gasteiger charge is 2.41. The molecule has 0 aromatic heterocycles. The van der Waals surface area contributed by atoms with Crippen LogP contribution in [0.3, 0.4) is 0 Å². The maximum Gasteiger partial charge on any atom is 0.329 e. The van der Waals surface area contributed by atoms with Gasteiger partial charge in [0.2, 0.25) is 0 Å². The Bertz CT molecular complexity index is 828. The van der Waals surface area contributed by atoms with E-state index in [0.717, 1.165) is 4.90 Å². The summed E-state index contributed by atoms with van der Waals surface area (Å²) in [4.78, 5) is 37.8. The molecule has 0 unspecified atom stereocenters. The first-order chi connectivity index (χ1) is 11.9. The van der Waals surface area contributed by atoms with Crippen LogP contribution in [0.2, 0.25) is 5.02 Å². The van der Waals surface area contributed by atoms with Crippen LogP contribution in [0.1, 0.15) is 33.2 Å². The van der Waals surface area contributed by atoms with Gasteiger partial charge in [0.1, 0.15) is 18.5 Å². The lowest BCUT2D eigenvalue weighted by molar-refractivity contribution is -0.149. The molecule has 1 heterocycles. The fourth-order valence-corrected chi connectivity index (χ4v) is 2.82. The molecule has 5 nitrogen and oxygen atoms in total. The third-order valence-corrected chi connectivity index (χ3v) is 4.33. The van der Waals surface area contributed by atoms with E-state index in [4.69, 9.17) is 16.3 Å². The molecule has 25 heavy (non-hydrogen) atoms. The Kier molecular flexibility index (Phi) is 4.55. The lowest BCUT2D eigenvalue weighted by Gasteiger charge is -2.21. The molecule has 0 saturated carbocycles. The molecule has 3 rings (SSSR count). The molecule has 2 amide bonds. The third kappa shape index (κ3) is 3.00. The number of hydrogen-bond donors (Lipinski definition) is 0. The molecule has 0 bridgehead atoms. The Morgan fingerprint density at radius 3 is 2.28 bits per heavy atom. The van der Waals surface area contributed by atoms with Gasteiger partial charge in [-0.2, -0.15) is 0 Å². The number of rotatable bonds is 4. The van der Waals surface area contributed by atoms with Crippen molar-refractivity contribution in [3.63, 3.8) is 0 Å². The molecule has 7 heteroatoms. The van der Waals surface area contributed by atoms with Crippen molar-refractivity contribution in [2.24, 2.45) is 0 Å². The van der Waals surface area contributed by atoms with Crippen molar-refractivity contribution in [1.82, 2.24) is 4.90 Å². The van der Waals surface area contributed by atoms with E-state index in [1.807, 2.05) is 0 Å². The highest BCUT2D eigenvalue weighted by molar-refractivity contribution is 6.31. The summed E-state index contributed by atoms with van der Waals surface area (Å²) >= 11 is 5.88. The van der Waals surface area contributed by atoms with Crippen molar-refractivity contribution in [3.8, 4) is 0 Å². The molecule has 1 aliphatic rings. The predicted octanol–water partition coefficient (Wildman–Crippen LogP) is 3.21. The lowest BCUT2D eigenvalue weighted by atomic mass is 10.1. The second kappa shape index (κ2) is 6.64. The number of esters is 1. The maximum atomic E-state index is 13.7. The van der Waals surface area contributed by atoms with Gasteiger partial charge in [0.25, 0.3) is 11.8 Å². The molecule has 0 spiro atoms. The van der Waals surface area contributed by atoms with Crippen molar-refractivity contribution in [2.45, 2.75) is 19.6 Å². The molecule has 0 aliphatic carbocycles. The van der Waals surface area contributed by atoms with E-state index in [-0.39, 0.29) is 21.7 Å². The topological polar surface area (TPSA) is 63.7 Å². The van der Waals surface area contributed by atoms with E-state index in [0.29, 0.717) is 0 Å². The standard InChI is InChI=1S/C18H13ClFNO4/c1-10(18(24)25-9-13-14(19)7-4-8-15(13)20)21-16(22)11-5-2-3-6-12(11)17(21)23/h2-8,10H,9H2,1H3/t10-/m1/s1. The lowest BCUT2D eigenvalue weighted by Crippen LogP contribution is -2.43. The number of ether oxygens (including phenoxy) is 1. The van der Waals surface area contributed by atoms with Crippen molar-refractivity contribution in [1.29, 1.82) is 0 Å². The summed E-state index contributed by atoms with van der Waals surface area (Å²) in [5.41, 5.74) is 0.515. The minimum atomic E-state index is -1.14. The summed E-state index contributed by atoms with van der Waals surface area (Å²) in [6.07, 6.45) is 0. The van der Waals surface area contributed by atoms with Crippen LogP contribution in [0.5, 0.6) is 0 Å². The SMILES string of the molecule is C[C@H](C(=O)OCc1c(F)cccc1Cl)N1C(=O)c2ccccc2C1=O. The fourth-order valence-electron chi connectivity index (χ4n) is 2.60. The molecular weight excluding hydrogens is 349 g/mol. The summed E-state index contributed by atoms with van der Waals surface area (Å²) in [5, 5.41) is 0.126. The molecule has 0 saturated heterocycles. The largest absolute Gasteiger partial charge is 0.459 e. The average Bonchev–Trinajstić information content (AvgIpc) is 2.85. The van der Waals surface area contributed by atoms with Gasteiger partial charge in [-0.3, -0.25) is 14.5 Å². The molecular formula is C18H13ClFNO4. The van der Waals surface area contributed by atoms with Crippen molar-refractivity contribution in [2.75, 3.05) is 0 Å². The van der Waals surface area contributed by atoms with Gasteiger partial charge < -0.3 is 4.74 Å². The summed E-state index contributed by atoms with van der Waals surface area (Å²) in [5.74, 6) is -2.55. The first-order valence-corrected chi connectivity index (χ1v) is 7.86. The highest BCUT2D eigenvalue weighted by Crippen LogP contribution is 2.25. The summed E-state index contributed by atoms with van der Waals surface area (Å²) in [7, 11) is 0. The Labute approximate surface area is 147 Å². The van der Waals surface area contributed by atoms with Crippen molar-refractivity contribution < 1.29 is 23.5 Å². The first-order valence-electron chi connectivity index (χ1n) is 7.48. The summed E-state index contributed by atoms with van der Waals surface area (Å²) in [6.45, 7) is 0.991. The fraction of sp³-hybridized carbons (Fsp3) is 0.167. The maximum absolute atomic E-state index is 13.7. The number of imide groups is 1. The van der Waals surface area contributed by atoms with Gasteiger partial charge in [-0.1, -0.05) is 29.8 Å². The van der Waals surface area contributed by atoms with Gasteiger partial charge in [-0.05, 0) is 31.2 Å². The number of fused-ring (bicyclic) bond motifs is 1. The minimum Gasteiger partial charge on any atom is -0.459 e. The van der Waals surface area contributed by atoms with Crippen LogP contribution in [0.25, 0.3) is 0 Å². The van der Waals surface area contributed by atoms with Gasteiger partial charge in [-0.25, -0.2) is 9.18 Å². The van der Waals surface area contributed by atoms with E-state index in [2.05, 4.69) is 0 Å². The second-order valence-corrected chi connectivity index (χ2v) is 5.92. The molecule has 2 aromatic carbocycles. The van der Waals surface area contributed by atoms with Gasteiger partial charge in [0.15, 0.2) is 0 Å². The normalized spacial score (nSPS) is 14.4. The van der Waals surface area contributed by atoms with Crippen LogP contribution < -0.4 is 0 Å². The zero-order valence-electron chi connectivity index (χ0n) is 13.2. The molecule has 1 atom stereocenters. The number of carbonyl (C=O) groups excluding carboxylic acids is 3. The van der Waals surface area contributed by atoms with Crippen LogP contribution in [0.4, 0.5) is 4.39 Å². The van der Waals surface area contributed by atoms with E-state index < -0.39 is 36.2 Å². The number of amides is 2. The monoisotopic (exact) mass is 361 g/mol. The summed E-state index contributed by atoms with van der Waals surface area (Å²) < 4.78 is 18.8. The molecule has 1 aliphatic heterocycles.